The van der Waals surface area contributed by atoms with Gasteiger partial charge in [0.2, 0.25) is 5.78 Å². The number of benzene rings is 1. The molecule has 1 fully saturated rings. The fourth-order valence-corrected chi connectivity index (χ4v) is 4.47. The van der Waals surface area contributed by atoms with Crippen LogP contribution >= 0.6 is 0 Å². The van der Waals surface area contributed by atoms with Crippen molar-refractivity contribution in [2.75, 3.05) is 11.4 Å². The normalized spacial score (nSPS) is 23.6. The van der Waals surface area contributed by atoms with E-state index in [2.05, 4.69) is 11.1 Å². The van der Waals surface area contributed by atoms with E-state index >= 15 is 0 Å². The van der Waals surface area contributed by atoms with Crippen LogP contribution in [0.5, 0.6) is 0 Å². The predicted octanol–water partition coefficient (Wildman–Crippen LogP) is 3.44. The molecule has 0 bridgehead atoms. The molecule has 0 spiro atoms. The van der Waals surface area contributed by atoms with Crippen molar-refractivity contribution >= 4 is 23.0 Å². The number of rotatable bonds is 1. The van der Waals surface area contributed by atoms with Crippen molar-refractivity contribution < 1.29 is 9.90 Å². The molecule has 1 aromatic heterocycles. The Bertz CT molecular complexity index is 1010. The third kappa shape index (κ3) is 2.38. The van der Waals surface area contributed by atoms with Crippen LogP contribution in [0.15, 0.2) is 29.4 Å². The smallest absolute Gasteiger partial charge is 0.204 e. The summed E-state index contributed by atoms with van der Waals surface area (Å²) in [6.45, 7) is 4.56. The van der Waals surface area contributed by atoms with Crippen LogP contribution in [-0.2, 0) is 12.8 Å². The molecule has 1 saturated heterocycles. The summed E-state index contributed by atoms with van der Waals surface area (Å²) in [5, 5.41) is 11.2. The van der Waals surface area contributed by atoms with Gasteiger partial charge in [-0.15, -0.1) is 0 Å². The summed E-state index contributed by atoms with van der Waals surface area (Å²) < 4.78 is 0. The van der Waals surface area contributed by atoms with Crippen LogP contribution in [0, 0.1) is 13.8 Å². The lowest BCUT2D eigenvalue weighted by Gasteiger charge is -2.30. The molecule has 2 aromatic rings. The first-order chi connectivity index (χ1) is 13.0. The van der Waals surface area contributed by atoms with E-state index < -0.39 is 5.60 Å². The molecule has 0 saturated carbocycles. The number of fused-ring (bicyclic) bond motifs is 3. The topological polar surface area (TPSA) is 65.8 Å². The number of aliphatic hydroxyl groups is 1. The Balaban J connectivity index is 1.62. The fraction of sp³-hybridized carbons (Fsp3) is 0.409. The number of hydrogen-bond acceptors (Lipinski definition) is 5. The Morgan fingerprint density at radius 1 is 1.11 bits per heavy atom. The van der Waals surface area contributed by atoms with E-state index in [9.17, 15) is 9.90 Å². The van der Waals surface area contributed by atoms with Gasteiger partial charge in [0.05, 0.1) is 17.6 Å². The Kier molecular flexibility index (Phi) is 3.53. The first kappa shape index (κ1) is 16.6. The number of carbonyl (C=O) groups excluding carboxylic acids is 1. The molecule has 1 N–H and O–H groups in total. The maximum Gasteiger partial charge on any atom is 0.204 e. The van der Waals surface area contributed by atoms with Crippen LogP contribution in [0.3, 0.4) is 0 Å². The number of aliphatic imine (C=N–C) groups is 1. The van der Waals surface area contributed by atoms with Gasteiger partial charge in [0, 0.05) is 24.2 Å². The number of nitrogens with zero attached hydrogens (tertiary/aromatic N) is 3. The zero-order valence-electron chi connectivity index (χ0n) is 15.7. The Labute approximate surface area is 158 Å². The lowest BCUT2D eigenvalue weighted by molar-refractivity contribution is 0.0602. The lowest BCUT2D eigenvalue weighted by Crippen LogP contribution is -2.48. The van der Waals surface area contributed by atoms with Crippen LogP contribution in [0.25, 0.3) is 0 Å². The molecule has 1 aliphatic carbocycles. The highest BCUT2D eigenvalue weighted by Gasteiger charge is 2.52. The Hall–Kier alpha value is -2.53. The third-order valence-electron chi connectivity index (χ3n) is 6.25. The Morgan fingerprint density at radius 2 is 1.89 bits per heavy atom. The summed E-state index contributed by atoms with van der Waals surface area (Å²) in [4.78, 5) is 24.5. The second-order valence-electron chi connectivity index (χ2n) is 7.99. The van der Waals surface area contributed by atoms with E-state index in [0.717, 1.165) is 29.7 Å². The van der Waals surface area contributed by atoms with Crippen LogP contribution in [-0.4, -0.2) is 33.9 Å². The molecule has 27 heavy (non-hydrogen) atoms. The van der Waals surface area contributed by atoms with Gasteiger partial charge >= 0.3 is 0 Å². The van der Waals surface area contributed by atoms with Gasteiger partial charge in [0.15, 0.2) is 5.60 Å². The fourth-order valence-electron chi connectivity index (χ4n) is 4.47. The average molecular weight is 361 g/mol. The number of carbonyl (C=O) groups is 1. The molecule has 0 amide bonds. The first-order valence-electron chi connectivity index (χ1n) is 9.70. The van der Waals surface area contributed by atoms with E-state index in [4.69, 9.17) is 4.99 Å². The first-order valence-corrected chi connectivity index (χ1v) is 9.70. The zero-order chi connectivity index (χ0) is 18.8. The van der Waals surface area contributed by atoms with Crippen molar-refractivity contribution in [3.8, 4) is 0 Å². The minimum absolute atomic E-state index is 0.237. The van der Waals surface area contributed by atoms with E-state index in [-0.39, 0.29) is 5.78 Å². The molecule has 1 aromatic carbocycles. The van der Waals surface area contributed by atoms with Gasteiger partial charge in [0.1, 0.15) is 5.84 Å². The minimum atomic E-state index is -1.54. The molecule has 2 aliphatic heterocycles. The molecule has 1 atom stereocenters. The van der Waals surface area contributed by atoms with Gasteiger partial charge in [-0.1, -0.05) is 0 Å². The summed E-state index contributed by atoms with van der Waals surface area (Å²) in [5.41, 5.74) is 5.15. The van der Waals surface area contributed by atoms with Crippen LogP contribution < -0.4 is 4.90 Å². The van der Waals surface area contributed by atoms with Crippen molar-refractivity contribution in [1.82, 2.24) is 4.98 Å². The molecule has 138 valence electrons. The largest absolute Gasteiger partial charge is 0.374 e. The summed E-state index contributed by atoms with van der Waals surface area (Å²) in [6.07, 6.45) is 6.67. The van der Waals surface area contributed by atoms with Gasteiger partial charge in [-0.3, -0.25) is 9.78 Å². The van der Waals surface area contributed by atoms with Crippen molar-refractivity contribution in [2.24, 2.45) is 4.99 Å². The highest BCUT2D eigenvalue weighted by atomic mass is 16.3. The highest BCUT2D eigenvalue weighted by molar-refractivity contribution is 6.28. The quantitative estimate of drug-likeness (QED) is 0.845. The third-order valence-corrected chi connectivity index (χ3v) is 6.25. The van der Waals surface area contributed by atoms with Crippen LogP contribution in [0.4, 0.5) is 11.4 Å². The number of Topliss-reactive ketones (excluding diaryl/α,β-unsaturated/α-hetero) is 1. The maximum atomic E-state index is 13.1. The number of pyridine rings is 1. The van der Waals surface area contributed by atoms with Crippen LogP contribution in [0.1, 0.15) is 52.0 Å². The van der Waals surface area contributed by atoms with Crippen molar-refractivity contribution in [3.05, 3.63) is 52.3 Å². The monoisotopic (exact) mass is 361 g/mol. The molecule has 5 heteroatoms. The van der Waals surface area contributed by atoms with Crippen LogP contribution in [0.2, 0.25) is 0 Å². The zero-order valence-corrected chi connectivity index (χ0v) is 15.7. The van der Waals surface area contributed by atoms with Crippen molar-refractivity contribution in [3.63, 3.8) is 0 Å². The van der Waals surface area contributed by atoms with Crippen molar-refractivity contribution in [1.29, 1.82) is 0 Å². The molecule has 5 rings (SSSR count). The number of amidine groups is 1. The van der Waals surface area contributed by atoms with E-state index in [0.29, 0.717) is 30.1 Å². The summed E-state index contributed by atoms with van der Waals surface area (Å²) in [6, 6.07) is 5.96. The SMILES string of the molecule is Cc1cc2c(cc1C)C(=O)[C@]1(O)CCN(c3cnc4c(c3)CCCC4)C1=N2. The Morgan fingerprint density at radius 3 is 2.74 bits per heavy atom. The molecular formula is C22H23N3O2. The molecular weight excluding hydrogens is 338 g/mol. The summed E-state index contributed by atoms with van der Waals surface area (Å²) >= 11 is 0. The van der Waals surface area contributed by atoms with Gasteiger partial charge in [-0.05, 0) is 74.4 Å². The number of anilines is 1. The van der Waals surface area contributed by atoms with Gasteiger partial charge in [-0.25, -0.2) is 4.99 Å². The predicted molar refractivity (Wildman–Crippen MR) is 105 cm³/mol. The lowest BCUT2D eigenvalue weighted by atomic mass is 9.86. The highest BCUT2D eigenvalue weighted by Crippen LogP contribution is 2.40. The van der Waals surface area contributed by atoms with Gasteiger partial charge in [0.25, 0.3) is 0 Å². The maximum absolute atomic E-state index is 13.1. The molecule has 5 nitrogen and oxygen atoms in total. The number of aryl methyl sites for hydroxylation is 4. The van der Waals surface area contributed by atoms with Gasteiger partial charge in [-0.2, -0.15) is 0 Å². The molecule has 0 unspecified atom stereocenters. The van der Waals surface area contributed by atoms with Crippen molar-refractivity contribution in [2.45, 2.75) is 51.6 Å². The van der Waals surface area contributed by atoms with Gasteiger partial charge < -0.3 is 10.0 Å². The van der Waals surface area contributed by atoms with E-state index in [1.54, 1.807) is 0 Å². The van der Waals surface area contributed by atoms with E-state index in [1.165, 1.54) is 24.1 Å². The standard InChI is InChI=1S/C22H23N3O2/c1-13-9-17-19(10-14(13)2)24-21-22(27,20(17)26)7-8-25(21)16-11-15-5-3-4-6-18(15)23-12-16/h9-12,27H,3-8H2,1-2H3/t22-/m1/s1. The summed E-state index contributed by atoms with van der Waals surface area (Å²) in [5.74, 6) is 0.208. The van der Waals surface area contributed by atoms with E-state index in [1.807, 2.05) is 37.1 Å². The second-order valence-corrected chi connectivity index (χ2v) is 7.99. The average Bonchev–Trinajstić information content (AvgIpc) is 3.01. The number of hydrogen-bond donors (Lipinski definition) is 1. The number of ketones is 1. The molecule has 3 aliphatic rings. The minimum Gasteiger partial charge on any atom is -0.374 e. The molecule has 3 heterocycles. The summed E-state index contributed by atoms with van der Waals surface area (Å²) in [7, 11) is 0. The number of aromatic nitrogens is 1. The molecule has 0 radical (unpaired) electrons. The second kappa shape index (κ2) is 5.73.